The Balaban J connectivity index is 1.32. The first-order valence-electron chi connectivity index (χ1n) is 10.1. The number of rotatable bonds is 2. The highest BCUT2D eigenvalue weighted by Gasteiger charge is 2.18. The number of aryl methyl sites for hydroxylation is 2. The highest BCUT2D eigenvalue weighted by molar-refractivity contribution is 6.02. The molecule has 4 aromatic rings. The third-order valence-corrected chi connectivity index (χ3v) is 6.16. The summed E-state index contributed by atoms with van der Waals surface area (Å²) in [5.74, 6) is 0.416. The summed E-state index contributed by atoms with van der Waals surface area (Å²) in [5, 5.41) is 5.83. The number of nitrogens with one attached hydrogen (secondary N) is 1. The molecule has 3 heteroatoms. The van der Waals surface area contributed by atoms with Crippen LogP contribution in [0.4, 0.5) is 11.4 Å². The van der Waals surface area contributed by atoms with Crippen LogP contribution in [0.1, 0.15) is 22.3 Å². The molecule has 0 spiro atoms. The van der Waals surface area contributed by atoms with Gasteiger partial charge in [0.25, 0.3) is 0 Å². The summed E-state index contributed by atoms with van der Waals surface area (Å²) in [6, 6.07) is 25.8. The number of aliphatic imine (C=N–C) groups is 1. The van der Waals surface area contributed by atoms with E-state index in [0.29, 0.717) is 5.96 Å². The van der Waals surface area contributed by atoms with Gasteiger partial charge >= 0.3 is 0 Å². The van der Waals surface area contributed by atoms with Gasteiger partial charge in [-0.2, -0.15) is 0 Å². The van der Waals surface area contributed by atoms with Crippen molar-refractivity contribution in [2.75, 3.05) is 5.32 Å². The minimum atomic E-state index is 0.416. The molecule has 0 aromatic heterocycles. The molecule has 0 unspecified atom stereocenters. The van der Waals surface area contributed by atoms with Gasteiger partial charge in [0.05, 0.1) is 5.69 Å². The van der Waals surface area contributed by atoms with Gasteiger partial charge in [0, 0.05) is 11.1 Å². The molecule has 2 aliphatic carbocycles. The lowest BCUT2D eigenvalue weighted by Crippen LogP contribution is -2.22. The number of hydrogen-bond donors (Lipinski definition) is 2. The van der Waals surface area contributed by atoms with Crippen molar-refractivity contribution in [3.8, 4) is 11.1 Å². The molecule has 0 atom stereocenters. The SMILES string of the molecule is NC(=Nc1ccc2c3c(cccc13)CC2)Nc1ccc2c(c1)Cc1ccccc1-2. The second kappa shape index (κ2) is 6.21. The lowest BCUT2D eigenvalue weighted by Gasteiger charge is -2.10. The van der Waals surface area contributed by atoms with Crippen molar-refractivity contribution in [2.45, 2.75) is 19.3 Å². The minimum Gasteiger partial charge on any atom is -0.369 e. The molecule has 3 N–H and O–H groups in total. The average molecular weight is 375 g/mol. The summed E-state index contributed by atoms with van der Waals surface area (Å²) in [7, 11) is 0. The third-order valence-electron chi connectivity index (χ3n) is 6.16. The molecule has 0 saturated carbocycles. The van der Waals surface area contributed by atoms with Crippen LogP contribution in [0, 0.1) is 0 Å². The minimum absolute atomic E-state index is 0.416. The van der Waals surface area contributed by atoms with Crippen LogP contribution in [0.2, 0.25) is 0 Å². The first-order chi connectivity index (χ1) is 14.3. The van der Waals surface area contributed by atoms with E-state index in [1.807, 2.05) is 0 Å². The van der Waals surface area contributed by atoms with Gasteiger partial charge in [0.2, 0.25) is 0 Å². The van der Waals surface area contributed by atoms with Crippen molar-refractivity contribution in [1.29, 1.82) is 0 Å². The predicted molar refractivity (Wildman–Crippen MR) is 121 cm³/mol. The van der Waals surface area contributed by atoms with Crippen LogP contribution in [0.15, 0.2) is 77.8 Å². The maximum absolute atomic E-state index is 6.29. The second-order valence-electron chi connectivity index (χ2n) is 7.91. The Hall–Kier alpha value is -3.59. The van der Waals surface area contributed by atoms with Gasteiger partial charge in [-0.25, -0.2) is 4.99 Å². The number of fused-ring (bicyclic) bond motifs is 3. The molecule has 6 rings (SSSR count). The number of nitrogens with two attached hydrogens (primary N) is 1. The number of benzene rings is 4. The summed E-state index contributed by atoms with van der Waals surface area (Å²) >= 11 is 0. The normalized spacial score (nSPS) is 14.1. The summed E-state index contributed by atoms with van der Waals surface area (Å²) < 4.78 is 0. The highest BCUT2D eigenvalue weighted by Crippen LogP contribution is 2.38. The zero-order valence-electron chi connectivity index (χ0n) is 16.1. The molecule has 0 saturated heterocycles. The quantitative estimate of drug-likeness (QED) is 0.313. The summed E-state index contributed by atoms with van der Waals surface area (Å²) in [5.41, 5.74) is 16.4. The van der Waals surface area contributed by atoms with E-state index in [1.165, 1.54) is 44.2 Å². The van der Waals surface area contributed by atoms with Crippen LogP contribution >= 0.6 is 0 Å². The molecule has 3 nitrogen and oxygen atoms in total. The first kappa shape index (κ1) is 16.4. The molecular formula is C26H21N3. The van der Waals surface area contributed by atoms with E-state index in [4.69, 9.17) is 10.7 Å². The molecule has 2 aliphatic rings. The standard InChI is InChI=1S/C26H21N3/c27-26(29-24-13-10-17-9-8-16-5-3-7-23(24)25(16)17)28-20-11-12-22-19(15-20)14-18-4-1-2-6-21(18)22/h1-7,10-13,15H,8-9,14H2,(H3,27,28,29). The maximum atomic E-state index is 6.29. The Morgan fingerprint density at radius 2 is 1.55 bits per heavy atom. The lowest BCUT2D eigenvalue weighted by molar-refractivity contribution is 1.02. The summed E-state index contributed by atoms with van der Waals surface area (Å²) in [6.45, 7) is 0. The van der Waals surface area contributed by atoms with Crippen molar-refractivity contribution in [3.63, 3.8) is 0 Å². The van der Waals surface area contributed by atoms with E-state index < -0.39 is 0 Å². The monoisotopic (exact) mass is 375 g/mol. The first-order valence-corrected chi connectivity index (χ1v) is 10.1. The van der Waals surface area contributed by atoms with Gasteiger partial charge < -0.3 is 11.1 Å². The Morgan fingerprint density at radius 3 is 2.48 bits per heavy atom. The number of nitrogens with zero attached hydrogens (tertiary/aromatic N) is 1. The van der Waals surface area contributed by atoms with Gasteiger partial charge in [0.15, 0.2) is 5.96 Å². The molecule has 29 heavy (non-hydrogen) atoms. The van der Waals surface area contributed by atoms with Crippen LogP contribution in [-0.2, 0) is 19.3 Å². The van der Waals surface area contributed by atoms with Gasteiger partial charge in [-0.1, -0.05) is 54.6 Å². The molecular weight excluding hydrogens is 354 g/mol. The lowest BCUT2D eigenvalue weighted by atomic mass is 10.0. The van der Waals surface area contributed by atoms with Crippen LogP contribution < -0.4 is 11.1 Å². The van der Waals surface area contributed by atoms with Gasteiger partial charge in [-0.3, -0.25) is 0 Å². The van der Waals surface area contributed by atoms with Crippen LogP contribution in [0.3, 0.4) is 0 Å². The van der Waals surface area contributed by atoms with E-state index in [0.717, 1.165) is 30.6 Å². The Morgan fingerprint density at radius 1 is 0.759 bits per heavy atom. The van der Waals surface area contributed by atoms with Crippen molar-refractivity contribution in [1.82, 2.24) is 0 Å². The molecule has 4 aromatic carbocycles. The summed E-state index contributed by atoms with van der Waals surface area (Å²) in [4.78, 5) is 4.71. The maximum Gasteiger partial charge on any atom is 0.198 e. The second-order valence-corrected chi connectivity index (χ2v) is 7.91. The van der Waals surface area contributed by atoms with Crippen molar-refractivity contribution < 1.29 is 0 Å². The molecule has 0 aliphatic heterocycles. The number of anilines is 1. The van der Waals surface area contributed by atoms with Crippen LogP contribution in [0.5, 0.6) is 0 Å². The molecule has 140 valence electrons. The summed E-state index contributed by atoms with van der Waals surface area (Å²) in [6.07, 6.45) is 3.20. The fraction of sp³-hybridized carbons (Fsp3) is 0.115. The third kappa shape index (κ3) is 2.62. The van der Waals surface area contributed by atoms with E-state index >= 15 is 0 Å². The van der Waals surface area contributed by atoms with E-state index in [-0.39, 0.29) is 0 Å². The largest absolute Gasteiger partial charge is 0.369 e. The molecule has 0 amide bonds. The van der Waals surface area contributed by atoms with Crippen LogP contribution in [-0.4, -0.2) is 5.96 Å². The Labute approximate surface area is 169 Å². The fourth-order valence-corrected chi connectivity index (χ4v) is 4.86. The van der Waals surface area contributed by atoms with Gasteiger partial charge in [-0.15, -0.1) is 0 Å². The van der Waals surface area contributed by atoms with E-state index in [1.54, 1.807) is 0 Å². The van der Waals surface area contributed by atoms with Gasteiger partial charge in [-0.05, 0) is 76.2 Å². The van der Waals surface area contributed by atoms with Crippen molar-refractivity contribution in [2.24, 2.45) is 10.7 Å². The van der Waals surface area contributed by atoms with Crippen LogP contribution in [0.25, 0.3) is 21.9 Å². The zero-order chi connectivity index (χ0) is 19.4. The highest BCUT2D eigenvalue weighted by atomic mass is 15.1. The Bertz CT molecular complexity index is 1310. The molecule has 0 bridgehead atoms. The smallest absolute Gasteiger partial charge is 0.198 e. The Kier molecular flexibility index (Phi) is 3.51. The zero-order valence-corrected chi connectivity index (χ0v) is 16.1. The van der Waals surface area contributed by atoms with Crippen molar-refractivity contribution >= 4 is 28.1 Å². The average Bonchev–Trinajstić information content (AvgIpc) is 3.32. The molecule has 0 heterocycles. The van der Waals surface area contributed by atoms with E-state index in [9.17, 15) is 0 Å². The molecule has 0 fully saturated rings. The number of hydrogen-bond acceptors (Lipinski definition) is 1. The van der Waals surface area contributed by atoms with Gasteiger partial charge in [0.1, 0.15) is 0 Å². The van der Waals surface area contributed by atoms with E-state index in [2.05, 4.69) is 78.1 Å². The molecule has 0 radical (unpaired) electrons. The fourth-order valence-electron chi connectivity index (χ4n) is 4.86. The van der Waals surface area contributed by atoms with Crippen molar-refractivity contribution in [3.05, 3.63) is 95.1 Å². The topological polar surface area (TPSA) is 50.4 Å². The number of guanidine groups is 1. The predicted octanol–water partition coefficient (Wildman–Crippen LogP) is 5.57.